The second-order valence-corrected chi connectivity index (χ2v) is 6.38. The van der Waals surface area contributed by atoms with Gasteiger partial charge in [0.05, 0.1) is 11.6 Å². The predicted molar refractivity (Wildman–Crippen MR) is 85.7 cm³/mol. The van der Waals surface area contributed by atoms with Crippen molar-refractivity contribution in [2.45, 2.75) is 56.8 Å². The Morgan fingerprint density at radius 1 is 1.24 bits per heavy atom. The van der Waals surface area contributed by atoms with Crippen molar-refractivity contribution in [1.29, 1.82) is 5.26 Å². The summed E-state index contributed by atoms with van der Waals surface area (Å²) in [5.41, 5.74) is -1.60. The molecule has 1 aromatic rings. The van der Waals surface area contributed by atoms with Gasteiger partial charge < -0.3 is 9.64 Å². The number of nitrogens with zero attached hydrogens (tertiary/aromatic N) is 2. The molecule has 0 bridgehead atoms. The molecule has 1 atom stereocenters. The van der Waals surface area contributed by atoms with E-state index in [2.05, 4.69) is 6.07 Å². The summed E-state index contributed by atoms with van der Waals surface area (Å²) in [6.45, 7) is 1.53. The van der Waals surface area contributed by atoms with E-state index in [9.17, 15) is 23.2 Å². The van der Waals surface area contributed by atoms with Crippen LogP contribution < -0.4 is 4.74 Å². The number of likely N-dealkylation sites (N-methyl/N-ethyl adjacent to an activating group) is 1. The van der Waals surface area contributed by atoms with Crippen molar-refractivity contribution in [2.24, 2.45) is 0 Å². The lowest BCUT2D eigenvalue weighted by atomic mass is 9.81. The first-order valence-electron chi connectivity index (χ1n) is 8.22. The maximum Gasteiger partial charge on any atom is 0.416 e. The van der Waals surface area contributed by atoms with Crippen LogP contribution in [-0.4, -0.2) is 29.5 Å². The molecular formula is C18H21F3N2O2. The van der Waals surface area contributed by atoms with Crippen LogP contribution in [0.4, 0.5) is 13.2 Å². The minimum atomic E-state index is -4.42. The van der Waals surface area contributed by atoms with E-state index >= 15 is 0 Å². The smallest absolute Gasteiger partial charge is 0.416 e. The molecule has 0 unspecified atom stereocenters. The first-order chi connectivity index (χ1) is 11.7. The van der Waals surface area contributed by atoms with Gasteiger partial charge in [-0.25, -0.2) is 0 Å². The monoisotopic (exact) mass is 354 g/mol. The van der Waals surface area contributed by atoms with Crippen LogP contribution in [0.15, 0.2) is 24.3 Å². The Morgan fingerprint density at radius 2 is 1.80 bits per heavy atom. The summed E-state index contributed by atoms with van der Waals surface area (Å²) in [7, 11) is 1.59. The fourth-order valence-electron chi connectivity index (χ4n) is 3.12. The normalized spacial score (nSPS) is 18.1. The van der Waals surface area contributed by atoms with Crippen molar-refractivity contribution in [3.05, 3.63) is 29.8 Å². The predicted octanol–water partition coefficient (Wildman–Crippen LogP) is 4.16. The molecule has 1 amide bonds. The van der Waals surface area contributed by atoms with Gasteiger partial charge in [-0.3, -0.25) is 4.79 Å². The van der Waals surface area contributed by atoms with E-state index in [1.54, 1.807) is 7.05 Å². The standard InChI is InChI=1S/C18H21F3N2O2/c1-13(25-15-8-6-14(7-9-15)18(19,20)21)16(24)23(2)17(12-22)10-4-3-5-11-17/h6-9,13H,3-5,10-11H2,1-2H3/t13-/m0/s1. The fraction of sp³-hybridized carbons (Fsp3) is 0.556. The molecule has 1 aliphatic rings. The van der Waals surface area contributed by atoms with E-state index in [-0.39, 0.29) is 11.7 Å². The molecule has 1 aliphatic carbocycles. The molecule has 0 aliphatic heterocycles. The molecule has 2 rings (SSSR count). The van der Waals surface area contributed by atoms with Crippen LogP contribution in [0.3, 0.4) is 0 Å². The Bertz CT molecular complexity index is 644. The highest BCUT2D eigenvalue weighted by molar-refractivity contribution is 5.81. The summed E-state index contributed by atoms with van der Waals surface area (Å²) in [6.07, 6.45) is -1.24. The topological polar surface area (TPSA) is 53.3 Å². The third-order valence-electron chi connectivity index (χ3n) is 4.70. The minimum absolute atomic E-state index is 0.178. The Hall–Kier alpha value is -2.23. The van der Waals surface area contributed by atoms with E-state index in [0.717, 1.165) is 31.4 Å². The maximum atomic E-state index is 12.6. The van der Waals surface area contributed by atoms with Crippen molar-refractivity contribution >= 4 is 5.91 Å². The van der Waals surface area contributed by atoms with Gasteiger partial charge in [0.25, 0.3) is 5.91 Å². The molecule has 0 spiro atoms. The highest BCUT2D eigenvalue weighted by Crippen LogP contribution is 2.33. The second-order valence-electron chi connectivity index (χ2n) is 6.38. The molecule has 7 heteroatoms. The first-order valence-corrected chi connectivity index (χ1v) is 8.22. The van der Waals surface area contributed by atoms with E-state index in [1.807, 2.05) is 0 Å². The zero-order valence-electron chi connectivity index (χ0n) is 14.3. The summed E-state index contributed by atoms with van der Waals surface area (Å²) in [5, 5.41) is 9.55. The molecule has 136 valence electrons. The number of carbonyl (C=O) groups excluding carboxylic acids is 1. The lowest BCUT2D eigenvalue weighted by Crippen LogP contribution is -2.53. The summed E-state index contributed by atoms with van der Waals surface area (Å²) in [5.74, 6) is -0.180. The average Bonchev–Trinajstić information content (AvgIpc) is 2.60. The Morgan fingerprint density at radius 3 is 2.28 bits per heavy atom. The van der Waals surface area contributed by atoms with Gasteiger partial charge in [0.15, 0.2) is 6.10 Å². The van der Waals surface area contributed by atoms with Crippen LogP contribution in [-0.2, 0) is 11.0 Å². The zero-order valence-corrected chi connectivity index (χ0v) is 14.3. The number of amides is 1. The molecule has 0 radical (unpaired) electrons. The molecule has 0 N–H and O–H groups in total. The largest absolute Gasteiger partial charge is 0.481 e. The number of carbonyl (C=O) groups is 1. The lowest BCUT2D eigenvalue weighted by Gasteiger charge is -2.40. The zero-order chi connectivity index (χ0) is 18.7. The quantitative estimate of drug-likeness (QED) is 0.816. The van der Waals surface area contributed by atoms with Gasteiger partial charge >= 0.3 is 6.18 Å². The molecule has 0 aromatic heterocycles. The summed E-state index contributed by atoms with van der Waals surface area (Å²) >= 11 is 0. The number of rotatable bonds is 4. The van der Waals surface area contributed by atoms with Crippen LogP contribution in [0, 0.1) is 11.3 Å². The number of alkyl halides is 3. The van der Waals surface area contributed by atoms with Crippen LogP contribution in [0.25, 0.3) is 0 Å². The van der Waals surface area contributed by atoms with E-state index < -0.39 is 23.4 Å². The number of hydrogen-bond donors (Lipinski definition) is 0. The van der Waals surface area contributed by atoms with Crippen molar-refractivity contribution in [2.75, 3.05) is 7.05 Å². The Balaban J connectivity index is 2.05. The van der Waals surface area contributed by atoms with Crippen LogP contribution in [0.5, 0.6) is 5.75 Å². The van der Waals surface area contributed by atoms with Gasteiger partial charge in [0.1, 0.15) is 11.3 Å². The molecule has 1 aromatic carbocycles. The summed E-state index contributed by atoms with van der Waals surface area (Å²) in [4.78, 5) is 14.0. The molecule has 1 saturated carbocycles. The lowest BCUT2D eigenvalue weighted by molar-refractivity contribution is -0.142. The van der Waals surface area contributed by atoms with Crippen LogP contribution in [0.2, 0.25) is 0 Å². The highest BCUT2D eigenvalue weighted by atomic mass is 19.4. The maximum absolute atomic E-state index is 12.6. The van der Waals surface area contributed by atoms with Crippen molar-refractivity contribution in [3.63, 3.8) is 0 Å². The van der Waals surface area contributed by atoms with Gasteiger partial charge in [-0.1, -0.05) is 19.3 Å². The third kappa shape index (κ3) is 4.25. The van der Waals surface area contributed by atoms with Gasteiger partial charge in [-0.15, -0.1) is 0 Å². The van der Waals surface area contributed by atoms with Gasteiger partial charge in [-0.05, 0) is 44.0 Å². The average molecular weight is 354 g/mol. The number of halogens is 3. The first kappa shape index (κ1) is 19.1. The summed E-state index contributed by atoms with van der Waals surface area (Å²) in [6, 6.07) is 6.46. The summed E-state index contributed by atoms with van der Waals surface area (Å²) < 4.78 is 43.2. The molecule has 1 fully saturated rings. The van der Waals surface area contributed by atoms with Crippen LogP contribution >= 0.6 is 0 Å². The molecule has 0 heterocycles. The minimum Gasteiger partial charge on any atom is -0.481 e. The van der Waals surface area contributed by atoms with Gasteiger partial charge in [0, 0.05) is 7.05 Å². The number of hydrogen-bond acceptors (Lipinski definition) is 3. The number of benzene rings is 1. The molecule has 4 nitrogen and oxygen atoms in total. The molecular weight excluding hydrogens is 333 g/mol. The number of ether oxygens (including phenoxy) is 1. The van der Waals surface area contributed by atoms with Gasteiger partial charge in [-0.2, -0.15) is 18.4 Å². The van der Waals surface area contributed by atoms with Gasteiger partial charge in [0.2, 0.25) is 0 Å². The van der Waals surface area contributed by atoms with E-state index in [4.69, 9.17) is 4.74 Å². The van der Waals surface area contributed by atoms with Crippen LogP contribution in [0.1, 0.15) is 44.6 Å². The second kappa shape index (κ2) is 7.34. The molecule has 25 heavy (non-hydrogen) atoms. The van der Waals surface area contributed by atoms with Crippen molar-refractivity contribution in [3.8, 4) is 11.8 Å². The van der Waals surface area contributed by atoms with E-state index in [1.165, 1.54) is 24.0 Å². The third-order valence-corrected chi connectivity index (χ3v) is 4.70. The van der Waals surface area contributed by atoms with Crippen molar-refractivity contribution in [1.82, 2.24) is 4.90 Å². The fourth-order valence-corrected chi connectivity index (χ4v) is 3.12. The van der Waals surface area contributed by atoms with Crippen molar-refractivity contribution < 1.29 is 22.7 Å². The molecule has 0 saturated heterocycles. The Kier molecular flexibility index (Phi) is 5.61. The highest BCUT2D eigenvalue weighted by Gasteiger charge is 2.40. The Labute approximate surface area is 145 Å². The van der Waals surface area contributed by atoms with E-state index in [0.29, 0.717) is 12.8 Å². The SMILES string of the molecule is C[C@H](Oc1ccc(C(F)(F)F)cc1)C(=O)N(C)C1(C#N)CCCCC1. The number of nitriles is 1.